The zero-order valence-corrected chi connectivity index (χ0v) is 15.1. The van der Waals surface area contributed by atoms with Crippen LogP contribution in [-0.2, 0) is 4.74 Å². The summed E-state index contributed by atoms with van der Waals surface area (Å²) in [5.41, 5.74) is 1.47. The Hall–Kier alpha value is -2.57. The van der Waals surface area contributed by atoms with Gasteiger partial charge < -0.3 is 19.7 Å². The fraction of sp³-hybridized carbons (Fsp3) is 0.263. The molecule has 2 aromatic rings. The molecule has 1 fully saturated rings. The highest BCUT2D eigenvalue weighted by molar-refractivity contribution is 6.32. The maximum absolute atomic E-state index is 12.5. The normalized spacial score (nSPS) is 14.0. The van der Waals surface area contributed by atoms with Gasteiger partial charge in [-0.3, -0.25) is 9.59 Å². The fourth-order valence-corrected chi connectivity index (χ4v) is 2.95. The van der Waals surface area contributed by atoms with Crippen LogP contribution >= 0.6 is 11.6 Å². The second-order valence-corrected chi connectivity index (χ2v) is 6.20. The molecule has 0 unspecified atom stereocenters. The predicted octanol–water partition coefficient (Wildman–Crippen LogP) is 3.07. The highest BCUT2D eigenvalue weighted by Crippen LogP contribution is 2.25. The van der Waals surface area contributed by atoms with Crippen molar-refractivity contribution in [1.29, 1.82) is 0 Å². The fourth-order valence-electron chi connectivity index (χ4n) is 2.69. The molecule has 6 nitrogen and oxygen atoms in total. The summed E-state index contributed by atoms with van der Waals surface area (Å²) in [5, 5.41) is 3.15. The van der Waals surface area contributed by atoms with Crippen LogP contribution in [-0.4, -0.2) is 50.1 Å². The Morgan fingerprint density at radius 3 is 2.58 bits per heavy atom. The standard InChI is InChI=1S/C19H19ClN2O4/c1-25-17-6-5-13(12-16(17)20)18(23)21-15-4-2-3-14(11-15)19(24)22-7-9-26-10-8-22/h2-6,11-12H,7-10H2,1H3,(H,21,23). The molecular weight excluding hydrogens is 356 g/mol. The van der Waals surface area contributed by atoms with Gasteiger partial charge >= 0.3 is 0 Å². The zero-order valence-electron chi connectivity index (χ0n) is 14.3. The van der Waals surface area contributed by atoms with E-state index in [0.717, 1.165) is 0 Å². The number of rotatable bonds is 4. The lowest BCUT2D eigenvalue weighted by Crippen LogP contribution is -2.40. The van der Waals surface area contributed by atoms with Gasteiger partial charge in [0.15, 0.2) is 0 Å². The number of carbonyl (C=O) groups is 2. The van der Waals surface area contributed by atoms with Crippen molar-refractivity contribution >= 4 is 29.1 Å². The molecule has 3 rings (SSSR count). The number of morpholine rings is 1. The molecule has 1 aliphatic heterocycles. The molecule has 1 saturated heterocycles. The van der Waals surface area contributed by atoms with Crippen LogP contribution in [0.4, 0.5) is 5.69 Å². The number of methoxy groups -OCH3 is 1. The highest BCUT2D eigenvalue weighted by Gasteiger charge is 2.19. The molecule has 1 heterocycles. The van der Waals surface area contributed by atoms with E-state index in [1.165, 1.54) is 7.11 Å². The van der Waals surface area contributed by atoms with Crippen LogP contribution in [0.25, 0.3) is 0 Å². The SMILES string of the molecule is COc1ccc(C(=O)Nc2cccc(C(=O)N3CCOCC3)c2)cc1Cl. The van der Waals surface area contributed by atoms with Gasteiger partial charge in [-0.25, -0.2) is 0 Å². The van der Waals surface area contributed by atoms with Crippen LogP contribution in [0.5, 0.6) is 5.75 Å². The van der Waals surface area contributed by atoms with Gasteiger partial charge in [0.1, 0.15) is 5.75 Å². The van der Waals surface area contributed by atoms with E-state index < -0.39 is 0 Å². The molecule has 2 amide bonds. The number of benzene rings is 2. The van der Waals surface area contributed by atoms with E-state index in [1.54, 1.807) is 47.4 Å². The third-order valence-corrected chi connectivity index (χ3v) is 4.38. The van der Waals surface area contributed by atoms with Crippen molar-refractivity contribution in [2.75, 3.05) is 38.7 Å². The van der Waals surface area contributed by atoms with Crippen molar-refractivity contribution in [3.05, 3.63) is 58.6 Å². The summed E-state index contributed by atoms with van der Waals surface area (Å²) in [6.07, 6.45) is 0. The van der Waals surface area contributed by atoms with E-state index in [2.05, 4.69) is 5.32 Å². The van der Waals surface area contributed by atoms with E-state index in [1.807, 2.05) is 0 Å². The summed E-state index contributed by atoms with van der Waals surface area (Å²) in [4.78, 5) is 26.7. The van der Waals surface area contributed by atoms with Crippen LogP contribution in [0, 0.1) is 0 Å². The largest absolute Gasteiger partial charge is 0.495 e. The number of nitrogens with one attached hydrogen (secondary N) is 1. The number of carbonyl (C=O) groups excluding carboxylic acids is 2. The molecule has 1 aliphatic rings. The Morgan fingerprint density at radius 1 is 1.12 bits per heavy atom. The molecule has 0 aromatic heterocycles. The quantitative estimate of drug-likeness (QED) is 0.893. The average Bonchev–Trinajstić information content (AvgIpc) is 2.68. The van der Waals surface area contributed by atoms with Gasteiger partial charge in [-0.2, -0.15) is 0 Å². The summed E-state index contributed by atoms with van der Waals surface area (Å²) >= 11 is 6.06. The monoisotopic (exact) mass is 374 g/mol. The highest BCUT2D eigenvalue weighted by atomic mass is 35.5. The first-order valence-electron chi connectivity index (χ1n) is 8.20. The second kappa shape index (κ2) is 8.21. The van der Waals surface area contributed by atoms with Gasteiger partial charge in [-0.05, 0) is 36.4 Å². The summed E-state index contributed by atoms with van der Waals surface area (Å²) in [6.45, 7) is 2.22. The van der Waals surface area contributed by atoms with Gasteiger partial charge in [0, 0.05) is 29.9 Å². The Balaban J connectivity index is 1.72. The Bertz CT molecular complexity index is 819. The van der Waals surface area contributed by atoms with E-state index in [0.29, 0.717) is 53.9 Å². The molecule has 7 heteroatoms. The third-order valence-electron chi connectivity index (χ3n) is 4.08. The maximum Gasteiger partial charge on any atom is 0.255 e. The Morgan fingerprint density at radius 2 is 1.88 bits per heavy atom. The van der Waals surface area contributed by atoms with Crippen LogP contribution in [0.3, 0.4) is 0 Å². The lowest BCUT2D eigenvalue weighted by Gasteiger charge is -2.27. The summed E-state index contributed by atoms with van der Waals surface area (Å²) < 4.78 is 10.3. The number of amides is 2. The van der Waals surface area contributed by atoms with Crippen LogP contribution in [0.1, 0.15) is 20.7 Å². The average molecular weight is 375 g/mol. The minimum absolute atomic E-state index is 0.0723. The van der Waals surface area contributed by atoms with E-state index in [-0.39, 0.29) is 11.8 Å². The number of hydrogen-bond acceptors (Lipinski definition) is 4. The number of nitrogens with zero attached hydrogens (tertiary/aromatic N) is 1. The van der Waals surface area contributed by atoms with Crippen molar-refractivity contribution in [1.82, 2.24) is 4.90 Å². The molecule has 0 radical (unpaired) electrons. The molecule has 0 spiro atoms. The minimum atomic E-state index is -0.314. The van der Waals surface area contributed by atoms with Crippen molar-refractivity contribution in [3.8, 4) is 5.75 Å². The van der Waals surface area contributed by atoms with Crippen LogP contribution < -0.4 is 10.1 Å². The minimum Gasteiger partial charge on any atom is -0.495 e. The molecule has 1 N–H and O–H groups in total. The summed E-state index contributed by atoms with van der Waals surface area (Å²) in [6, 6.07) is 11.7. The lowest BCUT2D eigenvalue weighted by molar-refractivity contribution is 0.0303. The second-order valence-electron chi connectivity index (χ2n) is 5.79. The zero-order chi connectivity index (χ0) is 18.5. The topological polar surface area (TPSA) is 67.9 Å². The van der Waals surface area contributed by atoms with Gasteiger partial charge in [-0.1, -0.05) is 17.7 Å². The lowest BCUT2D eigenvalue weighted by atomic mass is 10.1. The summed E-state index contributed by atoms with van der Waals surface area (Å²) in [5.74, 6) is 0.115. The third kappa shape index (κ3) is 4.15. The first kappa shape index (κ1) is 18.2. The van der Waals surface area contributed by atoms with E-state index in [9.17, 15) is 9.59 Å². The number of anilines is 1. The summed E-state index contributed by atoms with van der Waals surface area (Å²) in [7, 11) is 1.51. The van der Waals surface area contributed by atoms with E-state index in [4.69, 9.17) is 21.1 Å². The van der Waals surface area contributed by atoms with Gasteiger partial charge in [0.25, 0.3) is 11.8 Å². The molecule has 0 atom stereocenters. The molecule has 0 bridgehead atoms. The van der Waals surface area contributed by atoms with Gasteiger partial charge in [0.05, 0.1) is 25.3 Å². The predicted molar refractivity (Wildman–Crippen MR) is 99.1 cm³/mol. The van der Waals surface area contributed by atoms with Crippen LogP contribution in [0.2, 0.25) is 5.02 Å². The molecule has 26 heavy (non-hydrogen) atoms. The van der Waals surface area contributed by atoms with Gasteiger partial charge in [-0.15, -0.1) is 0 Å². The van der Waals surface area contributed by atoms with E-state index >= 15 is 0 Å². The smallest absolute Gasteiger partial charge is 0.255 e. The number of ether oxygens (including phenoxy) is 2. The Kier molecular flexibility index (Phi) is 5.75. The van der Waals surface area contributed by atoms with Crippen molar-refractivity contribution in [3.63, 3.8) is 0 Å². The number of halogens is 1. The van der Waals surface area contributed by atoms with Gasteiger partial charge in [0.2, 0.25) is 0 Å². The van der Waals surface area contributed by atoms with Crippen LogP contribution in [0.15, 0.2) is 42.5 Å². The molecule has 136 valence electrons. The van der Waals surface area contributed by atoms with Crippen molar-refractivity contribution < 1.29 is 19.1 Å². The maximum atomic E-state index is 12.5. The molecule has 0 aliphatic carbocycles. The molecular formula is C19H19ClN2O4. The first-order chi connectivity index (χ1) is 12.6. The Labute approximate surface area is 156 Å². The molecule has 2 aromatic carbocycles. The molecule has 0 saturated carbocycles. The van der Waals surface area contributed by atoms with Crippen molar-refractivity contribution in [2.24, 2.45) is 0 Å². The number of hydrogen-bond donors (Lipinski definition) is 1. The first-order valence-corrected chi connectivity index (χ1v) is 8.58. The van der Waals surface area contributed by atoms with Crippen molar-refractivity contribution in [2.45, 2.75) is 0 Å².